The van der Waals surface area contributed by atoms with Gasteiger partial charge in [0.1, 0.15) is 0 Å². The van der Waals surface area contributed by atoms with Gasteiger partial charge in [0, 0.05) is 12.1 Å². The molecular formula is C6H15N2OPt. The molecule has 0 amide bonds. The second-order valence-corrected chi connectivity index (χ2v) is 2.61. The molecule has 0 unspecified atom stereocenters. The van der Waals surface area contributed by atoms with Gasteiger partial charge in [0.05, 0.1) is 0 Å². The molecule has 1 rings (SSSR count). The fourth-order valence-electron chi connectivity index (χ4n) is 1.19. The molecule has 0 heterocycles. The molecule has 0 bridgehead atoms. The van der Waals surface area contributed by atoms with Crippen LogP contribution in [0.2, 0.25) is 0 Å². The molecule has 1 fully saturated rings. The first-order valence-electron chi connectivity index (χ1n) is 3.46. The summed E-state index contributed by atoms with van der Waals surface area (Å²) in [6, 6.07) is 0.562. The Morgan fingerprint density at radius 2 is 1.30 bits per heavy atom. The molecule has 0 aromatic heterocycles. The van der Waals surface area contributed by atoms with Gasteiger partial charge in [0.15, 0.2) is 0 Å². The molecule has 2 atom stereocenters. The molecule has 1 aliphatic rings. The molecule has 0 aliphatic heterocycles. The average Bonchev–Trinajstić information content (AvgIpc) is 2.00. The van der Waals surface area contributed by atoms with E-state index < -0.39 is 0 Å². The minimum atomic E-state index is 0.281. The van der Waals surface area contributed by atoms with Gasteiger partial charge in [-0.1, -0.05) is 12.8 Å². The van der Waals surface area contributed by atoms with Crippen molar-refractivity contribution in [3.8, 4) is 0 Å². The van der Waals surface area contributed by atoms with E-state index in [1.807, 2.05) is 0 Å². The molecular weight excluding hydrogens is 311 g/mol. The summed E-state index contributed by atoms with van der Waals surface area (Å²) < 4.78 is 6.97. The van der Waals surface area contributed by atoms with Crippen molar-refractivity contribution in [2.45, 2.75) is 37.8 Å². The SMILES string of the molecule is N[C@@H]1CCCC[C@@H]1N.[OH][Pt]. The van der Waals surface area contributed by atoms with Crippen molar-refractivity contribution in [1.29, 1.82) is 0 Å². The van der Waals surface area contributed by atoms with Crippen molar-refractivity contribution < 1.29 is 24.0 Å². The van der Waals surface area contributed by atoms with Crippen LogP contribution in [0.25, 0.3) is 0 Å². The first-order valence-corrected chi connectivity index (χ1v) is 4.47. The first kappa shape index (κ1) is 10.6. The zero-order valence-corrected chi connectivity index (χ0v) is 8.17. The van der Waals surface area contributed by atoms with E-state index >= 15 is 0 Å². The second kappa shape index (κ2) is 6.29. The summed E-state index contributed by atoms with van der Waals surface area (Å²) in [5.41, 5.74) is 11.3. The molecule has 1 aliphatic carbocycles. The maximum atomic E-state index is 6.97. The Labute approximate surface area is 73.5 Å². The Balaban J connectivity index is 0.000000371. The van der Waals surface area contributed by atoms with Crippen LogP contribution < -0.4 is 11.5 Å². The summed E-state index contributed by atoms with van der Waals surface area (Å²) in [5.74, 6) is 0. The van der Waals surface area contributed by atoms with Crippen LogP contribution >= 0.6 is 0 Å². The van der Waals surface area contributed by atoms with E-state index in [1.165, 1.54) is 12.8 Å². The van der Waals surface area contributed by atoms with Gasteiger partial charge < -0.3 is 11.5 Å². The fraction of sp³-hybridized carbons (Fsp3) is 1.00. The number of hydrogen-bond acceptors (Lipinski definition) is 3. The standard InChI is InChI=1S/C6H14N2.H2O.Pt/c7-5-3-1-2-4-6(5)8;;/h5-6H,1-4,7-8H2;1H2;/q;;+1/p-1/t5-,6+;;. The summed E-state index contributed by atoms with van der Waals surface area (Å²) in [5, 5.41) is 0. The molecule has 1 saturated carbocycles. The van der Waals surface area contributed by atoms with E-state index in [0.717, 1.165) is 33.0 Å². The van der Waals surface area contributed by atoms with Crippen LogP contribution in [-0.2, 0) is 20.2 Å². The van der Waals surface area contributed by atoms with Crippen molar-refractivity contribution >= 4 is 0 Å². The van der Waals surface area contributed by atoms with E-state index in [0.29, 0.717) is 0 Å². The molecule has 0 saturated heterocycles. The van der Waals surface area contributed by atoms with E-state index in [2.05, 4.69) is 0 Å². The monoisotopic (exact) mass is 326 g/mol. The van der Waals surface area contributed by atoms with Crippen molar-refractivity contribution in [2.24, 2.45) is 11.5 Å². The van der Waals surface area contributed by atoms with E-state index in [4.69, 9.17) is 15.2 Å². The molecule has 0 radical (unpaired) electrons. The fourth-order valence-corrected chi connectivity index (χ4v) is 1.19. The van der Waals surface area contributed by atoms with Crippen molar-refractivity contribution in [3.63, 3.8) is 0 Å². The van der Waals surface area contributed by atoms with Gasteiger partial charge >= 0.3 is 24.0 Å². The average molecular weight is 326 g/mol. The molecule has 0 spiro atoms. The van der Waals surface area contributed by atoms with Crippen molar-refractivity contribution in [1.82, 2.24) is 0 Å². The molecule has 4 heteroatoms. The zero-order chi connectivity index (χ0) is 7.98. The third-order valence-corrected chi connectivity index (χ3v) is 1.87. The molecule has 3 nitrogen and oxygen atoms in total. The quantitative estimate of drug-likeness (QED) is 0.570. The zero-order valence-electron chi connectivity index (χ0n) is 5.90. The summed E-state index contributed by atoms with van der Waals surface area (Å²) in [6.07, 6.45) is 4.80. The van der Waals surface area contributed by atoms with Crippen molar-refractivity contribution in [2.75, 3.05) is 0 Å². The normalized spacial score (nSPS) is 32.5. The summed E-state index contributed by atoms with van der Waals surface area (Å²) in [4.78, 5) is 0. The van der Waals surface area contributed by atoms with Gasteiger partial charge in [-0.05, 0) is 12.8 Å². The molecule has 0 aromatic rings. The molecule has 5 N–H and O–H groups in total. The van der Waals surface area contributed by atoms with Crippen LogP contribution in [0.15, 0.2) is 0 Å². The molecule has 0 aromatic carbocycles. The summed E-state index contributed by atoms with van der Waals surface area (Å²) in [6.45, 7) is 0. The van der Waals surface area contributed by atoms with Gasteiger partial charge in [-0.2, -0.15) is 0 Å². The number of rotatable bonds is 0. The maximum absolute atomic E-state index is 6.97. The topological polar surface area (TPSA) is 72.3 Å². The van der Waals surface area contributed by atoms with E-state index in [-0.39, 0.29) is 12.1 Å². The van der Waals surface area contributed by atoms with Gasteiger partial charge in [-0.25, -0.2) is 0 Å². The first-order chi connectivity index (χ1) is 4.80. The van der Waals surface area contributed by atoms with Crippen LogP contribution in [0.1, 0.15) is 25.7 Å². The Hall–Kier alpha value is 0.568. The van der Waals surface area contributed by atoms with E-state index in [1.54, 1.807) is 0 Å². The van der Waals surface area contributed by atoms with Crippen LogP contribution in [-0.4, -0.2) is 15.8 Å². The summed E-state index contributed by atoms with van der Waals surface area (Å²) >= 11 is 1.14. The van der Waals surface area contributed by atoms with Crippen LogP contribution in [0.4, 0.5) is 0 Å². The Morgan fingerprint density at radius 3 is 1.50 bits per heavy atom. The Morgan fingerprint density at radius 1 is 1.00 bits per heavy atom. The minimum absolute atomic E-state index is 0.281. The predicted molar refractivity (Wildman–Crippen MR) is 36.6 cm³/mol. The number of nitrogens with two attached hydrogens (primary N) is 2. The number of hydrogen-bond donors (Lipinski definition) is 3. The van der Waals surface area contributed by atoms with Crippen LogP contribution in [0.5, 0.6) is 0 Å². The predicted octanol–water partition coefficient (Wildman–Crippen LogP) is -0.344. The van der Waals surface area contributed by atoms with Gasteiger partial charge in [-0.3, -0.25) is 0 Å². The third kappa shape index (κ3) is 3.67. The van der Waals surface area contributed by atoms with Crippen LogP contribution in [0, 0.1) is 0 Å². The van der Waals surface area contributed by atoms with Gasteiger partial charge in [-0.15, -0.1) is 0 Å². The van der Waals surface area contributed by atoms with E-state index in [9.17, 15) is 0 Å². The van der Waals surface area contributed by atoms with Crippen LogP contribution in [0.3, 0.4) is 0 Å². The Kier molecular flexibility index (Phi) is 6.65. The van der Waals surface area contributed by atoms with Gasteiger partial charge in [0.2, 0.25) is 0 Å². The third-order valence-electron chi connectivity index (χ3n) is 1.87. The second-order valence-electron chi connectivity index (χ2n) is 2.61. The molecule has 65 valence electrons. The van der Waals surface area contributed by atoms with Crippen molar-refractivity contribution in [3.05, 3.63) is 0 Å². The molecule has 10 heavy (non-hydrogen) atoms. The Bertz CT molecular complexity index is 72.1. The van der Waals surface area contributed by atoms with Gasteiger partial charge in [0.25, 0.3) is 0 Å². The summed E-state index contributed by atoms with van der Waals surface area (Å²) in [7, 11) is 0.